The number of fused-ring (bicyclic) bond motifs is 1. The van der Waals surface area contributed by atoms with Crippen LogP contribution >= 0.6 is 0 Å². The van der Waals surface area contributed by atoms with Gasteiger partial charge in [0.15, 0.2) is 0 Å². The fraction of sp³-hybridized carbons (Fsp3) is 0.500. The third kappa shape index (κ3) is 2.86. The van der Waals surface area contributed by atoms with Crippen LogP contribution in [0.15, 0.2) is 18.2 Å². The molecule has 3 amide bonds. The molecule has 2 heterocycles. The van der Waals surface area contributed by atoms with E-state index in [9.17, 15) is 9.59 Å². The summed E-state index contributed by atoms with van der Waals surface area (Å²) in [4.78, 5) is 26.2. The Labute approximate surface area is 129 Å². The van der Waals surface area contributed by atoms with E-state index >= 15 is 0 Å². The molecule has 22 heavy (non-hydrogen) atoms. The summed E-state index contributed by atoms with van der Waals surface area (Å²) in [6.45, 7) is 4.05. The maximum absolute atomic E-state index is 12.2. The molecule has 0 radical (unpaired) electrons. The number of likely N-dealkylation sites (tertiary alicyclic amines) is 1. The van der Waals surface area contributed by atoms with Crippen LogP contribution in [0.2, 0.25) is 0 Å². The topological polar surface area (TPSA) is 70.7 Å². The summed E-state index contributed by atoms with van der Waals surface area (Å²) in [5.41, 5.74) is 1.77. The van der Waals surface area contributed by atoms with Gasteiger partial charge in [0.25, 0.3) is 0 Å². The predicted octanol–water partition coefficient (Wildman–Crippen LogP) is 1.75. The minimum Gasteiger partial charge on any atom is -0.493 e. The van der Waals surface area contributed by atoms with Crippen LogP contribution in [-0.4, -0.2) is 42.6 Å². The summed E-state index contributed by atoms with van der Waals surface area (Å²) in [5.74, 6) is 0.828. The number of rotatable bonds is 3. The predicted molar refractivity (Wildman–Crippen MR) is 83.1 cm³/mol. The van der Waals surface area contributed by atoms with Crippen molar-refractivity contribution in [2.45, 2.75) is 32.2 Å². The van der Waals surface area contributed by atoms with Crippen molar-refractivity contribution < 1.29 is 14.3 Å². The SMILES string of the molecule is CCN1CCCC(NC(=O)Nc2cccc3c2CCO3)C1=O. The largest absolute Gasteiger partial charge is 0.493 e. The van der Waals surface area contributed by atoms with Gasteiger partial charge in [-0.3, -0.25) is 4.79 Å². The van der Waals surface area contributed by atoms with Crippen molar-refractivity contribution in [1.29, 1.82) is 0 Å². The molecule has 1 aromatic rings. The number of urea groups is 1. The Morgan fingerprint density at radius 3 is 3.14 bits per heavy atom. The summed E-state index contributed by atoms with van der Waals surface area (Å²) in [7, 11) is 0. The molecule has 6 heteroatoms. The monoisotopic (exact) mass is 303 g/mol. The van der Waals surface area contributed by atoms with Crippen molar-refractivity contribution in [2.75, 3.05) is 25.0 Å². The number of hydrogen-bond donors (Lipinski definition) is 2. The average Bonchev–Trinajstić information content (AvgIpc) is 2.99. The molecule has 1 atom stereocenters. The van der Waals surface area contributed by atoms with Gasteiger partial charge >= 0.3 is 6.03 Å². The Balaban J connectivity index is 1.63. The number of piperidine rings is 1. The van der Waals surface area contributed by atoms with E-state index in [1.807, 2.05) is 25.1 Å². The van der Waals surface area contributed by atoms with Crippen molar-refractivity contribution in [1.82, 2.24) is 10.2 Å². The summed E-state index contributed by atoms with van der Waals surface area (Å²) in [6, 6.07) is 4.84. The number of ether oxygens (including phenoxy) is 1. The van der Waals surface area contributed by atoms with Gasteiger partial charge in [0, 0.05) is 30.8 Å². The van der Waals surface area contributed by atoms with Gasteiger partial charge in [-0.15, -0.1) is 0 Å². The molecule has 0 spiro atoms. The highest BCUT2D eigenvalue weighted by Gasteiger charge is 2.29. The number of amides is 3. The van der Waals surface area contributed by atoms with E-state index in [4.69, 9.17) is 4.74 Å². The van der Waals surface area contributed by atoms with Crippen LogP contribution in [0.3, 0.4) is 0 Å². The second kappa shape index (κ2) is 6.25. The van der Waals surface area contributed by atoms with Gasteiger partial charge < -0.3 is 20.3 Å². The van der Waals surface area contributed by atoms with Crippen molar-refractivity contribution in [3.8, 4) is 5.75 Å². The van der Waals surface area contributed by atoms with Gasteiger partial charge in [-0.25, -0.2) is 4.79 Å². The van der Waals surface area contributed by atoms with Gasteiger partial charge in [0.05, 0.1) is 6.61 Å². The van der Waals surface area contributed by atoms with Gasteiger partial charge in [-0.2, -0.15) is 0 Å². The van der Waals surface area contributed by atoms with Crippen LogP contribution in [0.1, 0.15) is 25.3 Å². The lowest BCUT2D eigenvalue weighted by Gasteiger charge is -2.31. The molecule has 2 aliphatic heterocycles. The van der Waals surface area contributed by atoms with E-state index < -0.39 is 6.04 Å². The maximum Gasteiger partial charge on any atom is 0.319 e. The van der Waals surface area contributed by atoms with E-state index in [0.29, 0.717) is 19.6 Å². The smallest absolute Gasteiger partial charge is 0.319 e. The molecule has 0 saturated carbocycles. The molecule has 0 bridgehead atoms. The Hall–Kier alpha value is -2.24. The van der Waals surface area contributed by atoms with Crippen LogP contribution < -0.4 is 15.4 Å². The maximum atomic E-state index is 12.2. The normalized spacial score (nSPS) is 20.3. The molecule has 1 aromatic carbocycles. The second-order valence-corrected chi connectivity index (χ2v) is 5.59. The van der Waals surface area contributed by atoms with Gasteiger partial charge in [0.2, 0.25) is 5.91 Å². The summed E-state index contributed by atoms with van der Waals surface area (Å²) >= 11 is 0. The molecule has 6 nitrogen and oxygen atoms in total. The molecule has 0 aliphatic carbocycles. The van der Waals surface area contributed by atoms with Crippen LogP contribution in [-0.2, 0) is 11.2 Å². The molecule has 118 valence electrons. The van der Waals surface area contributed by atoms with Crippen LogP contribution in [0.4, 0.5) is 10.5 Å². The Morgan fingerprint density at radius 1 is 1.45 bits per heavy atom. The van der Waals surface area contributed by atoms with Crippen molar-refractivity contribution in [2.24, 2.45) is 0 Å². The highest BCUT2D eigenvalue weighted by Crippen LogP contribution is 2.31. The molecule has 1 unspecified atom stereocenters. The molecule has 1 fully saturated rings. The lowest BCUT2D eigenvalue weighted by atomic mass is 10.1. The van der Waals surface area contributed by atoms with Gasteiger partial charge in [-0.1, -0.05) is 6.07 Å². The molecule has 3 rings (SSSR count). The first-order chi connectivity index (χ1) is 10.7. The fourth-order valence-corrected chi connectivity index (χ4v) is 3.04. The second-order valence-electron chi connectivity index (χ2n) is 5.59. The zero-order valence-corrected chi connectivity index (χ0v) is 12.7. The summed E-state index contributed by atoms with van der Waals surface area (Å²) in [5, 5.41) is 5.63. The Morgan fingerprint density at radius 2 is 2.32 bits per heavy atom. The lowest BCUT2D eigenvalue weighted by molar-refractivity contribution is -0.135. The zero-order chi connectivity index (χ0) is 15.5. The number of carbonyl (C=O) groups excluding carboxylic acids is 2. The van der Waals surface area contributed by atoms with Crippen LogP contribution in [0.25, 0.3) is 0 Å². The number of carbonyl (C=O) groups is 2. The van der Waals surface area contributed by atoms with Crippen molar-refractivity contribution in [3.05, 3.63) is 23.8 Å². The third-order valence-corrected chi connectivity index (χ3v) is 4.21. The Bertz CT molecular complexity index is 588. The van der Waals surface area contributed by atoms with E-state index in [1.54, 1.807) is 4.90 Å². The minimum atomic E-state index is -0.429. The molecule has 2 aliphatic rings. The molecular formula is C16H21N3O3. The summed E-state index contributed by atoms with van der Waals surface area (Å²) < 4.78 is 5.48. The van der Waals surface area contributed by atoms with E-state index in [-0.39, 0.29) is 11.9 Å². The fourth-order valence-electron chi connectivity index (χ4n) is 3.04. The number of nitrogens with one attached hydrogen (secondary N) is 2. The van der Waals surface area contributed by atoms with Crippen LogP contribution in [0.5, 0.6) is 5.75 Å². The highest BCUT2D eigenvalue weighted by molar-refractivity contribution is 5.94. The van der Waals surface area contributed by atoms with Crippen molar-refractivity contribution >= 4 is 17.6 Å². The average molecular weight is 303 g/mol. The van der Waals surface area contributed by atoms with Gasteiger partial charge in [0.1, 0.15) is 11.8 Å². The highest BCUT2D eigenvalue weighted by atomic mass is 16.5. The Kier molecular flexibility index (Phi) is 4.18. The molecule has 0 aromatic heterocycles. The molecular weight excluding hydrogens is 282 g/mol. The minimum absolute atomic E-state index is 0.00511. The first-order valence-corrected chi connectivity index (χ1v) is 7.80. The van der Waals surface area contributed by atoms with Gasteiger partial charge in [-0.05, 0) is 31.9 Å². The summed E-state index contributed by atoms with van der Waals surface area (Å²) in [6.07, 6.45) is 2.40. The zero-order valence-electron chi connectivity index (χ0n) is 12.7. The van der Waals surface area contributed by atoms with E-state index in [0.717, 1.165) is 36.4 Å². The van der Waals surface area contributed by atoms with E-state index in [2.05, 4.69) is 10.6 Å². The third-order valence-electron chi connectivity index (χ3n) is 4.21. The first kappa shape index (κ1) is 14.7. The molecule has 1 saturated heterocycles. The number of anilines is 1. The van der Waals surface area contributed by atoms with Crippen LogP contribution in [0, 0.1) is 0 Å². The number of nitrogens with zero attached hydrogens (tertiary/aromatic N) is 1. The van der Waals surface area contributed by atoms with E-state index in [1.165, 1.54) is 0 Å². The van der Waals surface area contributed by atoms with Crippen molar-refractivity contribution in [3.63, 3.8) is 0 Å². The molecule has 2 N–H and O–H groups in total. The number of likely N-dealkylation sites (N-methyl/N-ethyl adjacent to an activating group) is 1. The number of benzene rings is 1. The quantitative estimate of drug-likeness (QED) is 0.894. The lowest BCUT2D eigenvalue weighted by Crippen LogP contribution is -2.53. The first-order valence-electron chi connectivity index (χ1n) is 7.80. The standard InChI is InChI=1S/C16H21N3O3/c1-2-19-9-4-6-13(15(19)20)18-16(21)17-12-5-3-7-14-11(12)8-10-22-14/h3,5,7,13H,2,4,6,8-10H2,1H3,(H2,17,18,21). The number of hydrogen-bond acceptors (Lipinski definition) is 3.